The van der Waals surface area contributed by atoms with E-state index >= 15 is 0 Å². The predicted octanol–water partition coefficient (Wildman–Crippen LogP) is 1.80. The molecule has 1 aromatic heterocycles. The zero-order valence-electron chi connectivity index (χ0n) is 13.0. The lowest BCUT2D eigenvalue weighted by Gasteiger charge is -2.21. The van der Waals surface area contributed by atoms with Gasteiger partial charge in [-0.1, -0.05) is 0 Å². The van der Waals surface area contributed by atoms with E-state index in [4.69, 9.17) is 9.47 Å². The van der Waals surface area contributed by atoms with Gasteiger partial charge >= 0.3 is 0 Å². The SMILES string of the molecule is OCCN(Cc1cn[nH]c1-c1ccc2c(c1)OCCO2)C1CC1. The Kier molecular flexibility index (Phi) is 3.93. The van der Waals surface area contributed by atoms with Gasteiger partial charge in [0.2, 0.25) is 0 Å². The summed E-state index contributed by atoms with van der Waals surface area (Å²) in [6.45, 7) is 2.87. The summed E-state index contributed by atoms with van der Waals surface area (Å²) in [5.41, 5.74) is 3.19. The molecule has 2 aromatic rings. The van der Waals surface area contributed by atoms with E-state index in [-0.39, 0.29) is 6.61 Å². The average Bonchev–Trinajstić information content (AvgIpc) is 3.33. The fourth-order valence-corrected chi connectivity index (χ4v) is 3.06. The van der Waals surface area contributed by atoms with Crippen molar-refractivity contribution in [2.45, 2.75) is 25.4 Å². The molecule has 6 nitrogen and oxygen atoms in total. The van der Waals surface area contributed by atoms with Crippen LogP contribution in [0.3, 0.4) is 0 Å². The smallest absolute Gasteiger partial charge is 0.162 e. The first kappa shape index (κ1) is 14.5. The van der Waals surface area contributed by atoms with Gasteiger partial charge in [-0.2, -0.15) is 5.10 Å². The summed E-state index contributed by atoms with van der Waals surface area (Å²) in [5.74, 6) is 1.57. The van der Waals surface area contributed by atoms with E-state index in [1.807, 2.05) is 24.4 Å². The third kappa shape index (κ3) is 3.04. The number of aromatic amines is 1. The number of aliphatic hydroxyl groups is 1. The third-order valence-electron chi connectivity index (χ3n) is 4.37. The number of fused-ring (bicyclic) bond motifs is 1. The highest BCUT2D eigenvalue weighted by molar-refractivity contribution is 5.66. The zero-order valence-corrected chi connectivity index (χ0v) is 13.0. The number of ether oxygens (including phenoxy) is 2. The monoisotopic (exact) mass is 315 g/mol. The largest absolute Gasteiger partial charge is 0.486 e. The number of H-pyrrole nitrogens is 1. The van der Waals surface area contributed by atoms with Crippen molar-refractivity contribution in [2.24, 2.45) is 0 Å². The summed E-state index contributed by atoms with van der Waals surface area (Å²) in [7, 11) is 0. The molecule has 1 aromatic carbocycles. The van der Waals surface area contributed by atoms with Crippen molar-refractivity contribution in [3.63, 3.8) is 0 Å². The number of aliphatic hydroxyl groups excluding tert-OH is 1. The number of aromatic nitrogens is 2. The van der Waals surface area contributed by atoms with E-state index in [0.717, 1.165) is 34.9 Å². The van der Waals surface area contributed by atoms with Crippen LogP contribution in [0.5, 0.6) is 11.5 Å². The Balaban J connectivity index is 1.59. The summed E-state index contributed by atoms with van der Waals surface area (Å²) >= 11 is 0. The van der Waals surface area contributed by atoms with Crippen LogP contribution in [0.15, 0.2) is 24.4 Å². The molecule has 1 saturated carbocycles. The molecule has 2 aliphatic rings. The molecule has 122 valence electrons. The molecule has 0 amide bonds. The van der Waals surface area contributed by atoms with Gasteiger partial charge in [-0.05, 0) is 31.0 Å². The number of hydrogen-bond acceptors (Lipinski definition) is 5. The second-order valence-electron chi connectivity index (χ2n) is 6.05. The van der Waals surface area contributed by atoms with Crippen LogP contribution in [0.4, 0.5) is 0 Å². The van der Waals surface area contributed by atoms with Crippen LogP contribution < -0.4 is 9.47 Å². The first-order valence-corrected chi connectivity index (χ1v) is 8.12. The van der Waals surface area contributed by atoms with Crippen LogP contribution in [-0.4, -0.2) is 52.6 Å². The summed E-state index contributed by atoms with van der Waals surface area (Å²) in [4.78, 5) is 2.33. The van der Waals surface area contributed by atoms with Gasteiger partial charge in [0, 0.05) is 30.3 Å². The highest BCUT2D eigenvalue weighted by Gasteiger charge is 2.29. The molecule has 2 heterocycles. The van der Waals surface area contributed by atoms with Gasteiger partial charge < -0.3 is 14.6 Å². The van der Waals surface area contributed by atoms with Gasteiger partial charge in [0.15, 0.2) is 11.5 Å². The van der Waals surface area contributed by atoms with Gasteiger partial charge in [0.25, 0.3) is 0 Å². The number of nitrogens with one attached hydrogen (secondary N) is 1. The number of nitrogens with zero attached hydrogens (tertiary/aromatic N) is 2. The normalized spacial score (nSPS) is 16.8. The standard InChI is InChI=1S/C17H21N3O3/c21-6-5-20(14-2-3-14)11-13-10-18-19-17(13)12-1-4-15-16(9-12)23-8-7-22-15/h1,4,9-10,14,21H,2-3,5-8,11H2,(H,18,19). The molecule has 1 aliphatic heterocycles. The van der Waals surface area contributed by atoms with Crippen molar-refractivity contribution in [1.29, 1.82) is 0 Å². The molecule has 0 unspecified atom stereocenters. The molecule has 23 heavy (non-hydrogen) atoms. The minimum absolute atomic E-state index is 0.188. The molecule has 0 saturated heterocycles. The Hall–Kier alpha value is -2.05. The lowest BCUT2D eigenvalue weighted by atomic mass is 10.1. The third-order valence-corrected chi connectivity index (χ3v) is 4.37. The van der Waals surface area contributed by atoms with Gasteiger partial charge in [-0.15, -0.1) is 0 Å². The molecule has 1 fully saturated rings. The molecule has 4 rings (SSSR count). The Morgan fingerprint density at radius 3 is 2.83 bits per heavy atom. The van der Waals surface area contributed by atoms with Gasteiger partial charge in [0.1, 0.15) is 13.2 Å². The van der Waals surface area contributed by atoms with Crippen molar-refractivity contribution >= 4 is 0 Å². The summed E-state index contributed by atoms with van der Waals surface area (Å²) < 4.78 is 11.2. The minimum Gasteiger partial charge on any atom is -0.486 e. The zero-order chi connectivity index (χ0) is 15.6. The van der Waals surface area contributed by atoms with E-state index in [9.17, 15) is 5.11 Å². The predicted molar refractivity (Wildman–Crippen MR) is 85.5 cm³/mol. The average molecular weight is 315 g/mol. The van der Waals surface area contributed by atoms with Crippen molar-refractivity contribution in [1.82, 2.24) is 15.1 Å². The number of benzene rings is 1. The Morgan fingerprint density at radius 1 is 1.22 bits per heavy atom. The molecule has 0 atom stereocenters. The second kappa shape index (κ2) is 6.22. The molecule has 1 aliphatic carbocycles. The van der Waals surface area contributed by atoms with Crippen LogP contribution in [0.25, 0.3) is 11.3 Å². The van der Waals surface area contributed by atoms with Crippen molar-refractivity contribution in [2.75, 3.05) is 26.4 Å². The lowest BCUT2D eigenvalue weighted by Crippen LogP contribution is -2.28. The summed E-state index contributed by atoms with van der Waals surface area (Å²) in [6.07, 6.45) is 4.31. The molecule has 0 radical (unpaired) electrons. The molecule has 2 N–H and O–H groups in total. The van der Waals surface area contributed by atoms with E-state index in [1.54, 1.807) is 0 Å². The second-order valence-corrected chi connectivity index (χ2v) is 6.05. The Morgan fingerprint density at radius 2 is 2.04 bits per heavy atom. The van der Waals surface area contributed by atoms with Crippen molar-refractivity contribution in [3.8, 4) is 22.8 Å². The molecule has 0 bridgehead atoms. The van der Waals surface area contributed by atoms with Gasteiger partial charge in [-0.3, -0.25) is 10.00 Å². The maximum absolute atomic E-state index is 9.27. The van der Waals surface area contributed by atoms with E-state index < -0.39 is 0 Å². The van der Waals surface area contributed by atoms with Crippen molar-refractivity contribution in [3.05, 3.63) is 30.0 Å². The maximum Gasteiger partial charge on any atom is 0.162 e. The first-order valence-electron chi connectivity index (χ1n) is 8.12. The van der Waals surface area contributed by atoms with Gasteiger partial charge in [0.05, 0.1) is 18.5 Å². The van der Waals surface area contributed by atoms with Crippen LogP contribution in [0.1, 0.15) is 18.4 Å². The van der Waals surface area contributed by atoms with Crippen LogP contribution in [-0.2, 0) is 6.54 Å². The Bertz CT molecular complexity index is 681. The molecule has 0 spiro atoms. The molecular formula is C17H21N3O3. The van der Waals surface area contributed by atoms with Gasteiger partial charge in [-0.25, -0.2) is 0 Å². The highest BCUT2D eigenvalue weighted by atomic mass is 16.6. The van der Waals surface area contributed by atoms with Crippen LogP contribution >= 0.6 is 0 Å². The van der Waals surface area contributed by atoms with E-state index in [1.165, 1.54) is 12.8 Å². The van der Waals surface area contributed by atoms with Crippen LogP contribution in [0, 0.1) is 0 Å². The maximum atomic E-state index is 9.27. The van der Waals surface area contributed by atoms with E-state index in [2.05, 4.69) is 15.1 Å². The summed E-state index contributed by atoms with van der Waals surface area (Å²) in [5, 5.41) is 16.6. The first-order chi connectivity index (χ1) is 11.3. The summed E-state index contributed by atoms with van der Waals surface area (Å²) in [6, 6.07) is 6.57. The molecule has 6 heteroatoms. The molecular weight excluding hydrogens is 294 g/mol. The fraction of sp³-hybridized carbons (Fsp3) is 0.471. The Labute approximate surface area is 135 Å². The fourth-order valence-electron chi connectivity index (χ4n) is 3.06. The van der Waals surface area contributed by atoms with E-state index in [0.29, 0.717) is 25.8 Å². The quantitative estimate of drug-likeness (QED) is 0.851. The lowest BCUT2D eigenvalue weighted by molar-refractivity contribution is 0.171. The van der Waals surface area contributed by atoms with Crippen molar-refractivity contribution < 1.29 is 14.6 Å². The minimum atomic E-state index is 0.188. The highest BCUT2D eigenvalue weighted by Crippen LogP contribution is 2.35. The topological polar surface area (TPSA) is 70.6 Å². The number of rotatable bonds is 6. The van der Waals surface area contributed by atoms with Crippen LogP contribution in [0.2, 0.25) is 0 Å². The number of hydrogen-bond donors (Lipinski definition) is 2.